The standard InChI is InChI=1S/C17H21N3O2/c1-3-12(2)16(17(21)22)20-14-9-10-18-15(19-14)11-13-7-5-4-6-8-13/h4-10,12,16H,3,11H2,1-2H3,(H,21,22)(H,18,19,20)/t12-,16-/m0/s1. The summed E-state index contributed by atoms with van der Waals surface area (Å²) in [4.78, 5) is 20.0. The number of aliphatic carboxylic acids is 1. The summed E-state index contributed by atoms with van der Waals surface area (Å²) >= 11 is 0. The minimum Gasteiger partial charge on any atom is -0.480 e. The van der Waals surface area contributed by atoms with E-state index in [0.29, 0.717) is 18.1 Å². The lowest BCUT2D eigenvalue weighted by atomic mass is 9.99. The van der Waals surface area contributed by atoms with E-state index in [4.69, 9.17) is 0 Å². The second-order valence-corrected chi connectivity index (χ2v) is 5.37. The normalized spacial score (nSPS) is 13.4. The van der Waals surface area contributed by atoms with Crippen LogP contribution in [0.15, 0.2) is 42.6 Å². The van der Waals surface area contributed by atoms with Crippen LogP contribution in [0.3, 0.4) is 0 Å². The minimum absolute atomic E-state index is 0.0186. The van der Waals surface area contributed by atoms with E-state index in [9.17, 15) is 9.90 Å². The summed E-state index contributed by atoms with van der Waals surface area (Å²) in [5.74, 6) is 0.376. The highest BCUT2D eigenvalue weighted by Crippen LogP contribution is 2.14. The van der Waals surface area contributed by atoms with Crippen LogP contribution in [-0.4, -0.2) is 27.1 Å². The second kappa shape index (κ2) is 7.54. The molecule has 0 bridgehead atoms. The van der Waals surface area contributed by atoms with Gasteiger partial charge in [0.1, 0.15) is 17.7 Å². The van der Waals surface area contributed by atoms with Crippen molar-refractivity contribution in [1.29, 1.82) is 0 Å². The summed E-state index contributed by atoms with van der Waals surface area (Å²) in [7, 11) is 0. The number of anilines is 1. The Hall–Kier alpha value is -2.43. The van der Waals surface area contributed by atoms with Gasteiger partial charge in [-0.25, -0.2) is 14.8 Å². The molecule has 0 aliphatic carbocycles. The van der Waals surface area contributed by atoms with Crippen molar-refractivity contribution >= 4 is 11.8 Å². The van der Waals surface area contributed by atoms with E-state index in [1.165, 1.54) is 0 Å². The highest BCUT2D eigenvalue weighted by atomic mass is 16.4. The maximum absolute atomic E-state index is 11.4. The molecule has 0 saturated carbocycles. The molecule has 116 valence electrons. The number of hydrogen-bond donors (Lipinski definition) is 2. The largest absolute Gasteiger partial charge is 0.480 e. The number of carboxylic acids is 1. The van der Waals surface area contributed by atoms with E-state index < -0.39 is 12.0 Å². The molecule has 0 unspecified atom stereocenters. The summed E-state index contributed by atoms with van der Waals surface area (Å²) in [5.41, 5.74) is 1.12. The lowest BCUT2D eigenvalue weighted by Gasteiger charge is -2.20. The number of carboxylic acid groups (broad SMARTS) is 1. The van der Waals surface area contributed by atoms with Crippen molar-refractivity contribution < 1.29 is 9.90 Å². The molecule has 1 aromatic heterocycles. The lowest BCUT2D eigenvalue weighted by Crippen LogP contribution is -2.35. The van der Waals surface area contributed by atoms with Crippen molar-refractivity contribution in [3.63, 3.8) is 0 Å². The highest BCUT2D eigenvalue weighted by molar-refractivity contribution is 5.77. The van der Waals surface area contributed by atoms with Crippen molar-refractivity contribution in [2.75, 3.05) is 5.32 Å². The first-order valence-corrected chi connectivity index (χ1v) is 7.45. The molecular weight excluding hydrogens is 278 g/mol. The molecule has 0 saturated heterocycles. The number of carbonyl (C=O) groups is 1. The van der Waals surface area contributed by atoms with Gasteiger partial charge in [0.25, 0.3) is 0 Å². The molecule has 0 fully saturated rings. The Balaban J connectivity index is 2.12. The molecule has 0 aliphatic heterocycles. The predicted molar refractivity (Wildman–Crippen MR) is 85.8 cm³/mol. The predicted octanol–water partition coefficient (Wildman–Crippen LogP) is 2.98. The highest BCUT2D eigenvalue weighted by Gasteiger charge is 2.23. The van der Waals surface area contributed by atoms with Gasteiger partial charge < -0.3 is 10.4 Å². The smallest absolute Gasteiger partial charge is 0.326 e. The first kappa shape index (κ1) is 15.9. The van der Waals surface area contributed by atoms with Gasteiger partial charge in [-0.15, -0.1) is 0 Å². The minimum atomic E-state index is -0.863. The molecule has 1 aromatic carbocycles. The number of aromatic nitrogens is 2. The maximum Gasteiger partial charge on any atom is 0.326 e. The first-order valence-electron chi connectivity index (χ1n) is 7.45. The maximum atomic E-state index is 11.4. The van der Waals surface area contributed by atoms with Gasteiger partial charge in [0, 0.05) is 12.6 Å². The molecule has 5 nitrogen and oxygen atoms in total. The van der Waals surface area contributed by atoms with Crippen molar-refractivity contribution in [2.24, 2.45) is 5.92 Å². The van der Waals surface area contributed by atoms with Gasteiger partial charge in [0.15, 0.2) is 0 Å². The summed E-state index contributed by atoms with van der Waals surface area (Å²) in [5, 5.41) is 12.3. The van der Waals surface area contributed by atoms with Crippen LogP contribution < -0.4 is 5.32 Å². The van der Waals surface area contributed by atoms with Gasteiger partial charge in [-0.2, -0.15) is 0 Å². The van der Waals surface area contributed by atoms with Crippen LogP contribution in [0.4, 0.5) is 5.82 Å². The topological polar surface area (TPSA) is 75.1 Å². The first-order chi connectivity index (χ1) is 10.6. The second-order valence-electron chi connectivity index (χ2n) is 5.37. The number of nitrogens with one attached hydrogen (secondary N) is 1. The summed E-state index contributed by atoms with van der Waals surface area (Å²) in [6.45, 7) is 3.89. The Kier molecular flexibility index (Phi) is 5.47. The quantitative estimate of drug-likeness (QED) is 0.822. The Bertz CT molecular complexity index is 616. The molecule has 0 spiro atoms. The van der Waals surface area contributed by atoms with E-state index in [-0.39, 0.29) is 5.92 Å². The third-order valence-corrected chi connectivity index (χ3v) is 3.69. The van der Waals surface area contributed by atoms with Crippen LogP contribution in [0.25, 0.3) is 0 Å². The summed E-state index contributed by atoms with van der Waals surface area (Å²) < 4.78 is 0. The zero-order valence-electron chi connectivity index (χ0n) is 12.9. The van der Waals surface area contributed by atoms with Gasteiger partial charge in [-0.05, 0) is 17.5 Å². The van der Waals surface area contributed by atoms with Gasteiger partial charge in [0.2, 0.25) is 0 Å². The fourth-order valence-electron chi connectivity index (χ4n) is 2.19. The number of nitrogens with zero attached hydrogens (tertiary/aromatic N) is 2. The van der Waals surface area contributed by atoms with Crippen LogP contribution in [0.2, 0.25) is 0 Å². The van der Waals surface area contributed by atoms with Crippen molar-refractivity contribution in [2.45, 2.75) is 32.7 Å². The van der Waals surface area contributed by atoms with Gasteiger partial charge in [-0.1, -0.05) is 50.6 Å². The molecule has 5 heteroatoms. The number of hydrogen-bond acceptors (Lipinski definition) is 4. The zero-order chi connectivity index (χ0) is 15.9. The average molecular weight is 299 g/mol. The molecule has 1 heterocycles. The Morgan fingerprint density at radius 1 is 1.27 bits per heavy atom. The molecule has 0 aliphatic rings. The molecular formula is C17H21N3O2. The molecule has 22 heavy (non-hydrogen) atoms. The van der Waals surface area contributed by atoms with Crippen LogP contribution in [0.5, 0.6) is 0 Å². The van der Waals surface area contributed by atoms with E-state index in [0.717, 1.165) is 12.0 Å². The van der Waals surface area contributed by atoms with Gasteiger partial charge in [-0.3, -0.25) is 0 Å². The number of benzene rings is 1. The van der Waals surface area contributed by atoms with Crippen LogP contribution in [0.1, 0.15) is 31.7 Å². The van der Waals surface area contributed by atoms with Crippen molar-refractivity contribution in [1.82, 2.24) is 9.97 Å². The number of rotatable bonds is 7. The van der Waals surface area contributed by atoms with Crippen molar-refractivity contribution in [3.8, 4) is 0 Å². The van der Waals surface area contributed by atoms with E-state index in [2.05, 4.69) is 15.3 Å². The molecule has 0 amide bonds. The van der Waals surface area contributed by atoms with Crippen LogP contribution >= 0.6 is 0 Å². The average Bonchev–Trinajstić information content (AvgIpc) is 2.53. The summed E-state index contributed by atoms with van der Waals surface area (Å²) in [6, 6.07) is 11.0. The monoisotopic (exact) mass is 299 g/mol. The summed E-state index contributed by atoms with van der Waals surface area (Å²) in [6.07, 6.45) is 3.06. The third kappa shape index (κ3) is 4.28. The van der Waals surface area contributed by atoms with Gasteiger partial charge >= 0.3 is 5.97 Å². The molecule has 0 radical (unpaired) electrons. The lowest BCUT2D eigenvalue weighted by molar-refractivity contribution is -0.139. The molecule has 2 atom stereocenters. The van der Waals surface area contributed by atoms with Gasteiger partial charge in [0.05, 0.1) is 0 Å². The van der Waals surface area contributed by atoms with E-state index in [1.807, 2.05) is 44.2 Å². The third-order valence-electron chi connectivity index (χ3n) is 3.69. The Labute approximate surface area is 130 Å². The van der Waals surface area contributed by atoms with E-state index >= 15 is 0 Å². The Morgan fingerprint density at radius 2 is 2.00 bits per heavy atom. The van der Waals surface area contributed by atoms with Crippen LogP contribution in [-0.2, 0) is 11.2 Å². The molecule has 2 rings (SSSR count). The zero-order valence-corrected chi connectivity index (χ0v) is 12.9. The fourth-order valence-corrected chi connectivity index (χ4v) is 2.19. The molecule has 2 aromatic rings. The molecule has 2 N–H and O–H groups in total. The van der Waals surface area contributed by atoms with E-state index in [1.54, 1.807) is 12.3 Å². The van der Waals surface area contributed by atoms with Crippen LogP contribution in [0, 0.1) is 5.92 Å². The Morgan fingerprint density at radius 3 is 2.64 bits per heavy atom. The SMILES string of the molecule is CC[C@H](C)[C@H](Nc1ccnc(Cc2ccccc2)n1)C(=O)O. The van der Waals surface area contributed by atoms with Crippen molar-refractivity contribution in [3.05, 3.63) is 54.0 Å². The fraction of sp³-hybridized carbons (Fsp3) is 0.353.